The van der Waals surface area contributed by atoms with E-state index >= 15 is 0 Å². The summed E-state index contributed by atoms with van der Waals surface area (Å²) in [6, 6.07) is 0. The molecule has 0 bridgehead atoms. The van der Waals surface area contributed by atoms with Crippen LogP contribution in [-0.4, -0.2) is 127 Å². The van der Waals surface area contributed by atoms with Gasteiger partial charge in [0.15, 0.2) is 18.7 Å². The van der Waals surface area contributed by atoms with Crippen LogP contribution < -0.4 is 0 Å². The van der Waals surface area contributed by atoms with E-state index in [2.05, 4.69) is 54.5 Å². The molecule has 6 fully saturated rings. The molecule has 2 saturated heterocycles. The molecule has 18 atom stereocenters. The van der Waals surface area contributed by atoms with Gasteiger partial charge in [0, 0.05) is 0 Å². The predicted octanol–water partition coefficient (Wildman–Crippen LogP) is 2.97. The number of ether oxygens (including phenoxy) is 4. The van der Waals surface area contributed by atoms with Gasteiger partial charge in [-0.05, 0) is 109 Å². The minimum absolute atomic E-state index is 0.0171. The van der Waals surface area contributed by atoms with Gasteiger partial charge in [-0.15, -0.1) is 0 Å². The summed E-state index contributed by atoms with van der Waals surface area (Å²) in [4.78, 5) is 25.2. The largest absolute Gasteiger partial charge is 0.481 e. The molecular formula is C42H66O14. The average Bonchev–Trinajstić information content (AvgIpc) is 3.12. The first kappa shape index (κ1) is 42.4. The van der Waals surface area contributed by atoms with Gasteiger partial charge in [-0.2, -0.15) is 0 Å². The molecule has 14 heteroatoms. The summed E-state index contributed by atoms with van der Waals surface area (Å²) in [6.45, 7) is 15.4. The van der Waals surface area contributed by atoms with Crippen molar-refractivity contribution in [1.29, 1.82) is 0 Å². The maximum atomic E-state index is 13.1. The summed E-state index contributed by atoms with van der Waals surface area (Å²) >= 11 is 0. The summed E-state index contributed by atoms with van der Waals surface area (Å²) in [5.41, 5.74) is -0.0913. The highest BCUT2D eigenvalue weighted by atomic mass is 16.8. The van der Waals surface area contributed by atoms with Crippen LogP contribution in [0.25, 0.3) is 0 Å². The van der Waals surface area contributed by atoms with Crippen molar-refractivity contribution in [2.75, 3.05) is 6.61 Å². The Balaban J connectivity index is 1.16. The molecule has 0 amide bonds. The van der Waals surface area contributed by atoms with Crippen molar-refractivity contribution in [1.82, 2.24) is 0 Å². The highest BCUT2D eigenvalue weighted by Gasteiger charge is 2.70. The van der Waals surface area contributed by atoms with E-state index in [1.165, 1.54) is 5.57 Å². The number of allylic oxidation sites excluding steroid dienone is 2. The minimum atomic E-state index is -1.94. The van der Waals surface area contributed by atoms with E-state index in [0.29, 0.717) is 25.2 Å². The Morgan fingerprint density at radius 2 is 1.43 bits per heavy atom. The second-order valence-corrected chi connectivity index (χ2v) is 20.7. The average molecular weight is 795 g/mol. The monoisotopic (exact) mass is 794 g/mol. The fourth-order valence-corrected chi connectivity index (χ4v) is 13.6. The molecule has 0 aromatic rings. The topological polar surface area (TPSA) is 233 Å². The van der Waals surface area contributed by atoms with Crippen molar-refractivity contribution in [2.45, 2.75) is 180 Å². The molecule has 4 saturated carbocycles. The number of carbonyl (C=O) groups is 2. The normalized spacial score (nSPS) is 52.3. The lowest BCUT2D eigenvalue weighted by atomic mass is 9.33. The molecule has 7 rings (SSSR count). The van der Waals surface area contributed by atoms with Crippen LogP contribution in [0.15, 0.2) is 11.6 Å². The van der Waals surface area contributed by atoms with E-state index in [9.17, 15) is 50.4 Å². The standard InChI is InChI=1S/C42H66O14/c1-37(2)14-16-42(36(51)52)17-15-40(6)20(21(42)18-37)8-9-24-39(5)12-11-25(38(3,4)23(39)10-13-41(24,40)7)54-35-32(29(47)28(46)31(55-35)33(49)50)56-34-30(48)27(45)26(44)22(19-43)53-34/h8,21-32,34-35,43-48H,9-19H2,1-7H3,(H,49,50)(H,51,52)/t21-,22-,23-,24+,25+,26+,27+,28+,29+,30-,31+,32-,34-,35-,39-,40-,41-,42-/m1/s1. The number of aliphatic hydroxyl groups excluding tert-OH is 6. The first-order chi connectivity index (χ1) is 26.0. The zero-order valence-corrected chi connectivity index (χ0v) is 34.0. The van der Waals surface area contributed by atoms with Crippen molar-refractivity contribution in [3.8, 4) is 0 Å². The third-order valence-electron chi connectivity index (χ3n) is 17.2. The fraction of sp³-hybridized carbons (Fsp3) is 0.905. The molecule has 0 radical (unpaired) electrons. The van der Waals surface area contributed by atoms with Crippen LogP contribution in [0.4, 0.5) is 0 Å². The molecule has 2 heterocycles. The SMILES string of the molecule is CC1(C)CC[C@@]2(C(=O)O)CC[C@]3(C)C(=CC[C@H]4[C@]5(C)CC[C@H](O[C@@H]6O[C@H](C(=O)O)[C@@H](O)[C@H](O)[C@H]6O[C@H]6O[C@H](CO)[C@H](O)[C@H](O)[C@H]6O)C(C)(C)[C@H]5CC[C@]43C)[C@H]2C1. The summed E-state index contributed by atoms with van der Waals surface area (Å²) in [7, 11) is 0. The van der Waals surface area contributed by atoms with E-state index < -0.39 is 96.9 Å². The van der Waals surface area contributed by atoms with Crippen molar-refractivity contribution < 1.29 is 69.4 Å². The lowest BCUT2D eigenvalue weighted by Crippen LogP contribution is -2.67. The number of fused-ring (bicyclic) bond motifs is 7. The predicted molar refractivity (Wildman–Crippen MR) is 198 cm³/mol. The Hall–Kier alpha value is -1.72. The molecule has 5 aliphatic carbocycles. The highest BCUT2D eigenvalue weighted by Crippen LogP contribution is 2.76. The molecule has 318 valence electrons. The number of rotatable bonds is 7. The Morgan fingerprint density at radius 1 is 0.750 bits per heavy atom. The van der Waals surface area contributed by atoms with Gasteiger partial charge >= 0.3 is 11.9 Å². The van der Waals surface area contributed by atoms with E-state index in [-0.39, 0.29) is 33.5 Å². The molecule has 14 nitrogen and oxygen atoms in total. The fourth-order valence-electron chi connectivity index (χ4n) is 13.6. The molecule has 0 aromatic carbocycles. The quantitative estimate of drug-likeness (QED) is 0.137. The Kier molecular flexibility index (Phi) is 10.8. The highest BCUT2D eigenvalue weighted by molar-refractivity contribution is 5.76. The molecule has 0 aromatic heterocycles. The van der Waals surface area contributed by atoms with Crippen LogP contribution in [-0.2, 0) is 28.5 Å². The van der Waals surface area contributed by atoms with E-state index in [1.807, 2.05) is 0 Å². The first-order valence-electron chi connectivity index (χ1n) is 20.8. The molecular weight excluding hydrogens is 728 g/mol. The van der Waals surface area contributed by atoms with Crippen LogP contribution in [0.5, 0.6) is 0 Å². The minimum Gasteiger partial charge on any atom is -0.481 e. The van der Waals surface area contributed by atoms with Crippen LogP contribution in [0.2, 0.25) is 0 Å². The van der Waals surface area contributed by atoms with Gasteiger partial charge < -0.3 is 59.8 Å². The summed E-state index contributed by atoms with van der Waals surface area (Å²) in [5, 5.41) is 83.8. The lowest BCUT2D eigenvalue weighted by Gasteiger charge is -2.71. The number of hydrogen-bond acceptors (Lipinski definition) is 12. The van der Waals surface area contributed by atoms with Gasteiger partial charge in [0.1, 0.15) is 42.7 Å². The Labute approximate surface area is 329 Å². The van der Waals surface area contributed by atoms with Crippen molar-refractivity contribution in [2.24, 2.45) is 50.2 Å². The number of aliphatic hydroxyl groups is 6. The van der Waals surface area contributed by atoms with Crippen molar-refractivity contribution in [3.05, 3.63) is 11.6 Å². The third kappa shape index (κ3) is 6.17. The van der Waals surface area contributed by atoms with Crippen LogP contribution in [0, 0.1) is 50.2 Å². The smallest absolute Gasteiger partial charge is 0.335 e. The summed E-state index contributed by atoms with van der Waals surface area (Å²) in [5.74, 6) is -1.66. The van der Waals surface area contributed by atoms with Crippen LogP contribution >= 0.6 is 0 Å². The van der Waals surface area contributed by atoms with Gasteiger partial charge in [0.25, 0.3) is 0 Å². The van der Waals surface area contributed by atoms with E-state index in [0.717, 1.165) is 44.9 Å². The maximum absolute atomic E-state index is 13.1. The van der Waals surface area contributed by atoms with E-state index in [1.54, 1.807) is 0 Å². The molecule has 0 unspecified atom stereocenters. The van der Waals surface area contributed by atoms with Gasteiger partial charge in [-0.1, -0.05) is 60.1 Å². The lowest BCUT2D eigenvalue weighted by molar-refractivity contribution is -0.374. The van der Waals surface area contributed by atoms with Gasteiger partial charge in [-0.25, -0.2) is 4.79 Å². The van der Waals surface area contributed by atoms with Gasteiger partial charge in [0.2, 0.25) is 0 Å². The number of carboxylic acid groups (broad SMARTS) is 2. The van der Waals surface area contributed by atoms with Crippen LogP contribution in [0.3, 0.4) is 0 Å². The Morgan fingerprint density at radius 3 is 2.07 bits per heavy atom. The summed E-state index contributed by atoms with van der Waals surface area (Å²) in [6.07, 6.45) is -6.99. The number of aliphatic carboxylic acids is 2. The third-order valence-corrected chi connectivity index (χ3v) is 17.2. The number of carboxylic acids is 2. The maximum Gasteiger partial charge on any atom is 0.335 e. The molecule has 2 aliphatic heterocycles. The van der Waals surface area contributed by atoms with Crippen molar-refractivity contribution >= 4 is 11.9 Å². The zero-order valence-electron chi connectivity index (χ0n) is 34.0. The summed E-state index contributed by atoms with van der Waals surface area (Å²) < 4.78 is 23.9. The molecule has 7 aliphatic rings. The number of hydrogen-bond donors (Lipinski definition) is 8. The zero-order chi connectivity index (χ0) is 41.1. The molecule has 8 N–H and O–H groups in total. The van der Waals surface area contributed by atoms with E-state index in [4.69, 9.17) is 18.9 Å². The van der Waals surface area contributed by atoms with Crippen molar-refractivity contribution in [3.63, 3.8) is 0 Å². The second kappa shape index (κ2) is 14.2. The Bertz CT molecular complexity index is 1560. The van der Waals surface area contributed by atoms with Gasteiger partial charge in [0.05, 0.1) is 18.1 Å². The molecule has 0 spiro atoms. The second-order valence-electron chi connectivity index (χ2n) is 20.7. The van der Waals surface area contributed by atoms with Crippen LogP contribution in [0.1, 0.15) is 113 Å². The molecule has 56 heavy (non-hydrogen) atoms. The van der Waals surface area contributed by atoms with Gasteiger partial charge in [-0.3, -0.25) is 4.79 Å². The first-order valence-corrected chi connectivity index (χ1v) is 20.8.